The maximum atomic E-state index is 5.83. The van der Waals surface area contributed by atoms with E-state index in [1.807, 2.05) is 31.2 Å². The summed E-state index contributed by atoms with van der Waals surface area (Å²) in [5.41, 5.74) is 3.46. The quantitative estimate of drug-likeness (QED) is 0.727. The Hall–Kier alpha value is -1.51. The van der Waals surface area contributed by atoms with Gasteiger partial charge in [-0.25, -0.2) is 0 Å². The molecule has 3 heteroatoms. The van der Waals surface area contributed by atoms with Gasteiger partial charge in [0.05, 0.1) is 13.2 Å². The molecule has 0 spiro atoms. The Morgan fingerprint density at radius 3 is 2.45 bits per heavy atom. The minimum atomic E-state index is 0.553. The van der Waals surface area contributed by atoms with Gasteiger partial charge in [0.2, 0.25) is 0 Å². The van der Waals surface area contributed by atoms with Crippen LogP contribution in [0.3, 0.4) is 0 Å². The lowest BCUT2D eigenvalue weighted by Crippen LogP contribution is -2.07. The molecule has 0 unspecified atom stereocenters. The zero-order chi connectivity index (χ0) is 14.4. The molecule has 0 aliphatic rings. The number of halogens is 1. The van der Waals surface area contributed by atoms with E-state index in [1.165, 1.54) is 5.56 Å². The molecule has 2 rings (SSSR count). The molecule has 0 saturated heterocycles. The maximum absolute atomic E-state index is 5.83. The number of aryl methyl sites for hydroxylation is 2. The molecule has 2 aromatic carbocycles. The van der Waals surface area contributed by atoms with Crippen molar-refractivity contribution in [1.29, 1.82) is 0 Å². The lowest BCUT2D eigenvalue weighted by atomic mass is 10.1. The lowest BCUT2D eigenvalue weighted by Gasteiger charge is -2.10. The average molecular weight is 291 g/mol. The Morgan fingerprint density at radius 1 is 0.950 bits per heavy atom. The van der Waals surface area contributed by atoms with Gasteiger partial charge in [0, 0.05) is 5.02 Å². The highest BCUT2D eigenvalue weighted by atomic mass is 35.5. The van der Waals surface area contributed by atoms with Gasteiger partial charge < -0.3 is 9.47 Å². The summed E-state index contributed by atoms with van der Waals surface area (Å²) in [4.78, 5) is 0. The number of benzene rings is 2. The number of rotatable bonds is 6. The summed E-state index contributed by atoms with van der Waals surface area (Å²) in [5, 5.41) is 0.743. The molecule has 0 saturated carbocycles. The van der Waals surface area contributed by atoms with Crippen LogP contribution in [0.25, 0.3) is 0 Å². The van der Waals surface area contributed by atoms with Crippen LogP contribution in [0.1, 0.15) is 16.7 Å². The van der Waals surface area contributed by atoms with Gasteiger partial charge >= 0.3 is 0 Å². The third kappa shape index (κ3) is 4.55. The molecule has 0 heterocycles. The first kappa shape index (κ1) is 14.9. The second kappa shape index (κ2) is 7.32. The molecule has 106 valence electrons. The van der Waals surface area contributed by atoms with Crippen LogP contribution in [0.5, 0.6) is 5.75 Å². The van der Waals surface area contributed by atoms with Gasteiger partial charge in [0.1, 0.15) is 12.4 Å². The Kier molecular flexibility index (Phi) is 5.45. The molecule has 0 aromatic heterocycles. The predicted molar refractivity (Wildman–Crippen MR) is 82.5 cm³/mol. The van der Waals surface area contributed by atoms with Crippen molar-refractivity contribution in [3.8, 4) is 5.75 Å². The fourth-order valence-corrected chi connectivity index (χ4v) is 1.97. The van der Waals surface area contributed by atoms with Crippen LogP contribution >= 0.6 is 11.6 Å². The van der Waals surface area contributed by atoms with Crippen molar-refractivity contribution in [2.45, 2.75) is 20.5 Å². The van der Waals surface area contributed by atoms with Crippen molar-refractivity contribution in [3.05, 3.63) is 64.2 Å². The molecule has 0 N–H and O–H groups in total. The van der Waals surface area contributed by atoms with E-state index in [4.69, 9.17) is 21.1 Å². The second-order valence-corrected chi connectivity index (χ2v) is 5.23. The molecule has 0 amide bonds. The summed E-state index contributed by atoms with van der Waals surface area (Å²) in [7, 11) is 0. The molecule has 2 aromatic rings. The first-order valence-electron chi connectivity index (χ1n) is 6.67. The SMILES string of the molecule is Cc1ccc(C)c(OCCOCc2ccc(Cl)cc2)c1. The summed E-state index contributed by atoms with van der Waals surface area (Å²) in [6.45, 7) is 5.80. The van der Waals surface area contributed by atoms with Gasteiger partial charge in [-0.05, 0) is 48.7 Å². The standard InChI is InChI=1S/C17H19ClO2/c1-13-3-4-14(2)17(11-13)20-10-9-19-12-15-5-7-16(18)8-6-15/h3-8,11H,9-10,12H2,1-2H3. The summed E-state index contributed by atoms with van der Waals surface area (Å²) >= 11 is 5.83. The second-order valence-electron chi connectivity index (χ2n) is 4.80. The molecule has 0 aliphatic heterocycles. The van der Waals surface area contributed by atoms with Crippen molar-refractivity contribution in [3.63, 3.8) is 0 Å². The molecule has 0 aliphatic carbocycles. The molecule has 0 bridgehead atoms. The molecule has 0 atom stereocenters. The van der Waals surface area contributed by atoms with Crippen LogP contribution < -0.4 is 4.74 Å². The maximum Gasteiger partial charge on any atom is 0.122 e. The van der Waals surface area contributed by atoms with Crippen LogP contribution in [0.15, 0.2) is 42.5 Å². The Balaban J connectivity index is 1.71. The highest BCUT2D eigenvalue weighted by Crippen LogP contribution is 2.18. The Bertz CT molecular complexity index is 549. The molecule has 20 heavy (non-hydrogen) atoms. The van der Waals surface area contributed by atoms with Crippen molar-refractivity contribution in [1.82, 2.24) is 0 Å². The van der Waals surface area contributed by atoms with Crippen molar-refractivity contribution in [2.24, 2.45) is 0 Å². The molecule has 0 radical (unpaired) electrons. The smallest absolute Gasteiger partial charge is 0.122 e. The van der Waals surface area contributed by atoms with Crippen LogP contribution in [0, 0.1) is 13.8 Å². The molecular formula is C17H19ClO2. The number of hydrogen-bond donors (Lipinski definition) is 0. The van der Waals surface area contributed by atoms with Gasteiger partial charge in [-0.3, -0.25) is 0 Å². The summed E-state index contributed by atoms with van der Waals surface area (Å²) in [6, 6.07) is 13.9. The topological polar surface area (TPSA) is 18.5 Å². The van der Waals surface area contributed by atoms with Crippen LogP contribution in [0.2, 0.25) is 5.02 Å². The highest BCUT2D eigenvalue weighted by molar-refractivity contribution is 6.30. The Morgan fingerprint density at radius 2 is 1.70 bits per heavy atom. The van der Waals surface area contributed by atoms with Crippen LogP contribution in [0.4, 0.5) is 0 Å². The third-order valence-electron chi connectivity index (χ3n) is 3.01. The predicted octanol–water partition coefficient (Wildman–Crippen LogP) is 4.55. The van der Waals surface area contributed by atoms with E-state index < -0.39 is 0 Å². The van der Waals surface area contributed by atoms with E-state index in [1.54, 1.807) is 0 Å². The van der Waals surface area contributed by atoms with E-state index >= 15 is 0 Å². The van der Waals surface area contributed by atoms with E-state index in [-0.39, 0.29) is 0 Å². The van der Waals surface area contributed by atoms with Gasteiger partial charge in [-0.15, -0.1) is 0 Å². The molecule has 2 nitrogen and oxygen atoms in total. The van der Waals surface area contributed by atoms with Gasteiger partial charge in [0.15, 0.2) is 0 Å². The fourth-order valence-electron chi connectivity index (χ4n) is 1.84. The number of ether oxygens (including phenoxy) is 2. The average Bonchev–Trinajstić information content (AvgIpc) is 2.44. The minimum absolute atomic E-state index is 0.553. The largest absolute Gasteiger partial charge is 0.491 e. The summed E-state index contributed by atoms with van der Waals surface area (Å²) in [5.74, 6) is 0.931. The van der Waals surface area contributed by atoms with Gasteiger partial charge in [0.25, 0.3) is 0 Å². The van der Waals surface area contributed by atoms with E-state index in [0.717, 1.165) is 21.9 Å². The van der Waals surface area contributed by atoms with Crippen LogP contribution in [-0.2, 0) is 11.3 Å². The highest BCUT2D eigenvalue weighted by Gasteiger charge is 2.00. The molecule has 0 fully saturated rings. The number of hydrogen-bond acceptors (Lipinski definition) is 2. The third-order valence-corrected chi connectivity index (χ3v) is 3.26. The zero-order valence-corrected chi connectivity index (χ0v) is 12.6. The van der Waals surface area contributed by atoms with E-state index in [0.29, 0.717) is 19.8 Å². The van der Waals surface area contributed by atoms with Crippen molar-refractivity contribution >= 4 is 11.6 Å². The first-order valence-corrected chi connectivity index (χ1v) is 7.05. The van der Waals surface area contributed by atoms with Gasteiger partial charge in [-0.2, -0.15) is 0 Å². The molecular weight excluding hydrogens is 272 g/mol. The zero-order valence-electron chi connectivity index (χ0n) is 11.9. The van der Waals surface area contributed by atoms with E-state index in [9.17, 15) is 0 Å². The first-order chi connectivity index (χ1) is 9.65. The van der Waals surface area contributed by atoms with Crippen molar-refractivity contribution in [2.75, 3.05) is 13.2 Å². The fraction of sp³-hybridized carbons (Fsp3) is 0.294. The summed E-state index contributed by atoms with van der Waals surface area (Å²) in [6.07, 6.45) is 0. The van der Waals surface area contributed by atoms with Crippen molar-refractivity contribution < 1.29 is 9.47 Å². The van der Waals surface area contributed by atoms with Crippen LogP contribution in [-0.4, -0.2) is 13.2 Å². The monoisotopic (exact) mass is 290 g/mol. The lowest BCUT2D eigenvalue weighted by molar-refractivity contribution is 0.0887. The normalized spacial score (nSPS) is 10.6. The summed E-state index contributed by atoms with van der Waals surface area (Å²) < 4.78 is 11.3. The van der Waals surface area contributed by atoms with E-state index in [2.05, 4.69) is 25.1 Å². The Labute approximate surface area is 125 Å². The minimum Gasteiger partial charge on any atom is -0.491 e. The van der Waals surface area contributed by atoms with Gasteiger partial charge in [-0.1, -0.05) is 35.9 Å².